The molecular formula is C9H8BrN3. The van der Waals surface area contributed by atoms with E-state index < -0.39 is 0 Å². The molecule has 2 heterocycles. The number of halogens is 1. The molecule has 0 radical (unpaired) electrons. The average Bonchev–Trinajstić information content (AvgIpc) is 2.53. The first-order valence-electron chi connectivity index (χ1n) is 3.90. The summed E-state index contributed by atoms with van der Waals surface area (Å²) in [5.41, 5.74) is 2.86. The summed E-state index contributed by atoms with van der Waals surface area (Å²) >= 11 is 3.26. The maximum atomic E-state index is 4.25. The molecule has 13 heavy (non-hydrogen) atoms. The van der Waals surface area contributed by atoms with Crippen molar-refractivity contribution in [1.82, 2.24) is 15.0 Å². The van der Waals surface area contributed by atoms with E-state index in [0.29, 0.717) is 4.73 Å². The number of H-pyrrole nitrogens is 1. The molecular weight excluding hydrogens is 230 g/mol. The second kappa shape index (κ2) is 3.30. The molecule has 0 saturated carbocycles. The minimum atomic E-state index is 0.622. The van der Waals surface area contributed by atoms with Crippen molar-refractivity contribution in [2.24, 2.45) is 0 Å². The van der Waals surface area contributed by atoms with Crippen LogP contribution in [0.25, 0.3) is 11.4 Å². The molecule has 0 aromatic carbocycles. The van der Waals surface area contributed by atoms with Gasteiger partial charge in [-0.2, -0.15) is 0 Å². The summed E-state index contributed by atoms with van der Waals surface area (Å²) in [6.45, 7) is 1.94. The summed E-state index contributed by atoms with van der Waals surface area (Å²) < 4.78 is 0.622. The van der Waals surface area contributed by atoms with E-state index in [4.69, 9.17) is 0 Å². The van der Waals surface area contributed by atoms with E-state index in [1.165, 1.54) is 0 Å². The largest absolute Gasteiger partial charge is 0.360 e. The lowest BCUT2D eigenvalue weighted by Gasteiger charge is -1.99. The molecule has 3 nitrogen and oxygen atoms in total. The third kappa shape index (κ3) is 1.78. The van der Waals surface area contributed by atoms with E-state index in [0.717, 1.165) is 17.1 Å². The Bertz CT molecular complexity index is 389. The molecule has 2 aromatic heterocycles. The van der Waals surface area contributed by atoms with Crippen LogP contribution in [0.3, 0.4) is 0 Å². The average molecular weight is 238 g/mol. The Labute approximate surface area is 84.4 Å². The van der Waals surface area contributed by atoms with Crippen molar-refractivity contribution in [3.05, 3.63) is 34.8 Å². The molecule has 0 saturated heterocycles. The SMILES string of the molecule is Cc1cc(-c2ccc[nH]2)nc(Br)n1. The van der Waals surface area contributed by atoms with Gasteiger partial charge in [0.15, 0.2) is 4.73 Å². The molecule has 1 N–H and O–H groups in total. The van der Waals surface area contributed by atoms with E-state index in [1.807, 2.05) is 31.3 Å². The lowest BCUT2D eigenvalue weighted by molar-refractivity contribution is 1.06. The zero-order valence-electron chi connectivity index (χ0n) is 7.08. The van der Waals surface area contributed by atoms with Gasteiger partial charge in [0, 0.05) is 11.9 Å². The Kier molecular flexibility index (Phi) is 2.14. The van der Waals surface area contributed by atoms with E-state index in [2.05, 4.69) is 30.9 Å². The van der Waals surface area contributed by atoms with E-state index >= 15 is 0 Å². The zero-order valence-corrected chi connectivity index (χ0v) is 8.67. The van der Waals surface area contributed by atoms with Crippen molar-refractivity contribution in [2.45, 2.75) is 6.92 Å². The minimum absolute atomic E-state index is 0.622. The first-order valence-corrected chi connectivity index (χ1v) is 4.70. The van der Waals surface area contributed by atoms with Gasteiger partial charge >= 0.3 is 0 Å². The van der Waals surface area contributed by atoms with Crippen LogP contribution in [0.4, 0.5) is 0 Å². The van der Waals surface area contributed by atoms with Crippen LogP contribution in [0.1, 0.15) is 5.69 Å². The van der Waals surface area contributed by atoms with E-state index in [-0.39, 0.29) is 0 Å². The summed E-state index contributed by atoms with van der Waals surface area (Å²) in [6, 6.07) is 5.87. The van der Waals surface area contributed by atoms with Crippen LogP contribution in [0, 0.1) is 6.92 Å². The van der Waals surface area contributed by atoms with Gasteiger partial charge in [0.25, 0.3) is 0 Å². The molecule has 0 fully saturated rings. The summed E-state index contributed by atoms with van der Waals surface area (Å²) in [6.07, 6.45) is 1.88. The highest BCUT2D eigenvalue weighted by atomic mass is 79.9. The van der Waals surface area contributed by atoms with Crippen molar-refractivity contribution < 1.29 is 0 Å². The second-order valence-corrected chi connectivity index (χ2v) is 3.46. The van der Waals surface area contributed by atoms with Crippen LogP contribution in [-0.2, 0) is 0 Å². The van der Waals surface area contributed by atoms with Gasteiger partial charge < -0.3 is 4.98 Å². The molecule has 0 aliphatic heterocycles. The topological polar surface area (TPSA) is 41.6 Å². The Morgan fingerprint density at radius 3 is 2.85 bits per heavy atom. The third-order valence-corrected chi connectivity index (χ3v) is 2.06. The van der Waals surface area contributed by atoms with Crippen molar-refractivity contribution in [3.8, 4) is 11.4 Å². The number of aryl methyl sites for hydroxylation is 1. The van der Waals surface area contributed by atoms with Crippen LogP contribution in [-0.4, -0.2) is 15.0 Å². The van der Waals surface area contributed by atoms with Crippen molar-refractivity contribution in [2.75, 3.05) is 0 Å². The molecule has 0 amide bonds. The summed E-state index contributed by atoms with van der Waals surface area (Å²) in [7, 11) is 0. The first kappa shape index (κ1) is 8.44. The molecule has 0 spiro atoms. The summed E-state index contributed by atoms with van der Waals surface area (Å²) in [5, 5.41) is 0. The molecule has 2 rings (SSSR count). The number of rotatable bonds is 1. The fourth-order valence-corrected chi connectivity index (χ4v) is 1.63. The van der Waals surface area contributed by atoms with Gasteiger partial charge in [0.2, 0.25) is 0 Å². The normalized spacial score (nSPS) is 10.3. The smallest absolute Gasteiger partial charge is 0.197 e. The van der Waals surface area contributed by atoms with Crippen LogP contribution >= 0.6 is 15.9 Å². The Morgan fingerprint density at radius 1 is 1.38 bits per heavy atom. The van der Waals surface area contributed by atoms with E-state index in [1.54, 1.807) is 0 Å². The number of aromatic amines is 1. The zero-order chi connectivity index (χ0) is 9.26. The number of hydrogen-bond donors (Lipinski definition) is 1. The summed E-state index contributed by atoms with van der Waals surface area (Å²) in [5.74, 6) is 0. The van der Waals surface area contributed by atoms with Crippen molar-refractivity contribution in [1.29, 1.82) is 0 Å². The van der Waals surface area contributed by atoms with Gasteiger partial charge in [-0.25, -0.2) is 9.97 Å². The van der Waals surface area contributed by atoms with Crippen LogP contribution in [0.15, 0.2) is 29.1 Å². The second-order valence-electron chi connectivity index (χ2n) is 2.75. The maximum absolute atomic E-state index is 4.25. The number of nitrogens with zero attached hydrogens (tertiary/aromatic N) is 2. The number of aromatic nitrogens is 3. The predicted molar refractivity (Wildman–Crippen MR) is 54.3 cm³/mol. The highest BCUT2D eigenvalue weighted by Gasteiger charge is 2.02. The Hall–Kier alpha value is -1.16. The predicted octanol–water partition coefficient (Wildman–Crippen LogP) is 2.54. The maximum Gasteiger partial charge on any atom is 0.197 e. The fraction of sp³-hybridized carbons (Fsp3) is 0.111. The van der Waals surface area contributed by atoms with Gasteiger partial charge in [0.1, 0.15) is 0 Å². The van der Waals surface area contributed by atoms with Crippen molar-refractivity contribution >= 4 is 15.9 Å². The van der Waals surface area contributed by atoms with Gasteiger partial charge in [0.05, 0.1) is 11.4 Å². The first-order chi connectivity index (χ1) is 6.25. The van der Waals surface area contributed by atoms with Gasteiger partial charge in [-0.3, -0.25) is 0 Å². The molecule has 4 heteroatoms. The Balaban J connectivity index is 2.53. The molecule has 0 aliphatic rings. The quantitative estimate of drug-likeness (QED) is 0.775. The van der Waals surface area contributed by atoms with Gasteiger partial charge in [-0.05, 0) is 41.1 Å². The molecule has 66 valence electrons. The van der Waals surface area contributed by atoms with Gasteiger partial charge in [-0.15, -0.1) is 0 Å². The lowest BCUT2D eigenvalue weighted by Crippen LogP contribution is -1.90. The number of hydrogen-bond acceptors (Lipinski definition) is 2. The minimum Gasteiger partial charge on any atom is -0.360 e. The molecule has 0 atom stereocenters. The van der Waals surface area contributed by atoms with Crippen LogP contribution < -0.4 is 0 Å². The number of nitrogens with one attached hydrogen (secondary N) is 1. The van der Waals surface area contributed by atoms with E-state index in [9.17, 15) is 0 Å². The standard InChI is InChI=1S/C9H8BrN3/c1-6-5-8(13-9(10)12-6)7-3-2-4-11-7/h2-5,11H,1H3. The van der Waals surface area contributed by atoms with Crippen LogP contribution in [0.5, 0.6) is 0 Å². The molecule has 2 aromatic rings. The Morgan fingerprint density at radius 2 is 2.23 bits per heavy atom. The summed E-state index contributed by atoms with van der Waals surface area (Å²) in [4.78, 5) is 11.5. The third-order valence-electron chi connectivity index (χ3n) is 1.70. The van der Waals surface area contributed by atoms with Crippen molar-refractivity contribution in [3.63, 3.8) is 0 Å². The molecule has 0 bridgehead atoms. The molecule has 0 unspecified atom stereocenters. The van der Waals surface area contributed by atoms with Gasteiger partial charge in [-0.1, -0.05) is 0 Å². The fourth-order valence-electron chi connectivity index (χ4n) is 1.16. The molecule has 0 aliphatic carbocycles. The van der Waals surface area contributed by atoms with Crippen LogP contribution in [0.2, 0.25) is 0 Å². The highest BCUT2D eigenvalue weighted by molar-refractivity contribution is 9.10. The lowest BCUT2D eigenvalue weighted by atomic mass is 10.3. The monoisotopic (exact) mass is 237 g/mol. The highest BCUT2D eigenvalue weighted by Crippen LogP contribution is 2.16.